The number of carbonyl (C=O) groups excluding carboxylic acids is 2. The maximum Gasteiger partial charge on any atom is 0.413 e. The first-order valence-electron chi connectivity index (χ1n) is 6.35. The molecular formula is C13H15N3O4S. The number of aromatic nitrogens is 2. The van der Waals surface area contributed by atoms with Crippen LogP contribution in [-0.2, 0) is 16.1 Å². The number of imide groups is 1. The maximum atomic E-state index is 12.3. The number of amides is 2. The van der Waals surface area contributed by atoms with Gasteiger partial charge in [-0.1, -0.05) is 0 Å². The number of ether oxygens (including phenoxy) is 1. The van der Waals surface area contributed by atoms with Crippen molar-refractivity contribution in [2.75, 3.05) is 6.61 Å². The van der Waals surface area contributed by atoms with Crippen LogP contribution in [0.5, 0.6) is 0 Å². The highest BCUT2D eigenvalue weighted by Crippen LogP contribution is 2.25. The first-order valence-corrected chi connectivity index (χ1v) is 7.17. The molecule has 2 rings (SSSR count). The first kappa shape index (κ1) is 15.2. The van der Waals surface area contributed by atoms with Crippen molar-refractivity contribution in [3.63, 3.8) is 0 Å². The van der Waals surface area contributed by atoms with Gasteiger partial charge in [0.1, 0.15) is 11.4 Å². The van der Waals surface area contributed by atoms with Crippen LogP contribution in [-0.4, -0.2) is 28.2 Å². The minimum absolute atomic E-state index is 0.167. The van der Waals surface area contributed by atoms with Crippen LogP contribution in [0, 0.1) is 13.8 Å². The van der Waals surface area contributed by atoms with E-state index >= 15 is 0 Å². The lowest BCUT2D eigenvalue weighted by atomic mass is 10.2. The number of fused-ring (bicyclic) bond motifs is 1. The third-order valence-corrected chi connectivity index (χ3v) is 4.10. The first-order chi connectivity index (χ1) is 9.93. The van der Waals surface area contributed by atoms with E-state index in [-0.39, 0.29) is 18.7 Å². The van der Waals surface area contributed by atoms with Crippen molar-refractivity contribution in [1.82, 2.24) is 14.9 Å². The molecule has 2 aromatic heterocycles. The van der Waals surface area contributed by atoms with Crippen molar-refractivity contribution in [2.24, 2.45) is 0 Å². The summed E-state index contributed by atoms with van der Waals surface area (Å²) in [6, 6.07) is 0. The van der Waals surface area contributed by atoms with Crippen LogP contribution < -0.4 is 10.9 Å². The number of hydrogen-bond acceptors (Lipinski definition) is 6. The molecule has 2 aromatic rings. The normalized spacial score (nSPS) is 10.6. The van der Waals surface area contributed by atoms with Gasteiger partial charge in [0, 0.05) is 4.88 Å². The Morgan fingerprint density at radius 1 is 1.43 bits per heavy atom. The van der Waals surface area contributed by atoms with Crippen molar-refractivity contribution in [2.45, 2.75) is 27.3 Å². The van der Waals surface area contributed by atoms with Crippen molar-refractivity contribution in [3.8, 4) is 0 Å². The Balaban J connectivity index is 2.25. The Bertz CT molecular complexity index is 763. The summed E-state index contributed by atoms with van der Waals surface area (Å²) in [5.74, 6) is -0.624. The standard InChI is InChI=1S/C13H15N3O4S/c1-4-20-13(19)15-9(17)5-16-6-14-11-10(12(16)18)7(2)8(3)21-11/h6H,4-5H2,1-3H3,(H,15,17,19). The smallest absolute Gasteiger partial charge is 0.413 e. The van der Waals surface area contributed by atoms with E-state index in [1.165, 1.54) is 22.2 Å². The van der Waals surface area contributed by atoms with E-state index in [1.807, 2.05) is 19.2 Å². The van der Waals surface area contributed by atoms with Gasteiger partial charge < -0.3 is 4.74 Å². The zero-order valence-electron chi connectivity index (χ0n) is 11.9. The molecule has 0 saturated heterocycles. The van der Waals surface area contributed by atoms with E-state index < -0.39 is 12.0 Å². The quantitative estimate of drug-likeness (QED) is 0.924. The average Bonchev–Trinajstić information content (AvgIpc) is 2.69. The molecule has 7 nitrogen and oxygen atoms in total. The summed E-state index contributed by atoms with van der Waals surface area (Å²) in [7, 11) is 0. The molecule has 8 heteroatoms. The van der Waals surface area contributed by atoms with Crippen molar-refractivity contribution < 1.29 is 14.3 Å². The molecule has 112 valence electrons. The molecule has 0 saturated carbocycles. The number of thiophene rings is 1. The summed E-state index contributed by atoms with van der Waals surface area (Å²) in [6.45, 7) is 5.28. The lowest BCUT2D eigenvalue weighted by Crippen LogP contribution is -2.36. The SMILES string of the molecule is CCOC(=O)NC(=O)Cn1cnc2sc(C)c(C)c2c1=O. The third-order valence-electron chi connectivity index (χ3n) is 2.99. The molecule has 0 radical (unpaired) electrons. The molecule has 0 aromatic carbocycles. The zero-order chi connectivity index (χ0) is 15.6. The van der Waals surface area contributed by atoms with Crippen LogP contribution in [0.3, 0.4) is 0 Å². The monoisotopic (exact) mass is 309 g/mol. The highest BCUT2D eigenvalue weighted by Gasteiger charge is 2.14. The van der Waals surface area contributed by atoms with E-state index in [0.717, 1.165) is 10.4 Å². The predicted octanol–water partition coefficient (Wildman–Crippen LogP) is 1.35. The van der Waals surface area contributed by atoms with Gasteiger partial charge in [-0.3, -0.25) is 19.5 Å². The lowest BCUT2D eigenvalue weighted by molar-refractivity contribution is -0.121. The number of carbonyl (C=O) groups is 2. The average molecular weight is 309 g/mol. The van der Waals surface area contributed by atoms with E-state index in [1.54, 1.807) is 6.92 Å². The molecule has 0 unspecified atom stereocenters. The van der Waals surface area contributed by atoms with Gasteiger partial charge in [0.2, 0.25) is 5.91 Å². The molecule has 0 bridgehead atoms. The summed E-state index contributed by atoms with van der Waals surface area (Å²) in [4.78, 5) is 41.0. The van der Waals surface area contributed by atoms with Gasteiger partial charge in [0.15, 0.2) is 0 Å². The van der Waals surface area contributed by atoms with Crippen LogP contribution in [0.2, 0.25) is 0 Å². The van der Waals surface area contributed by atoms with Crippen molar-refractivity contribution >= 4 is 33.6 Å². The van der Waals surface area contributed by atoms with Gasteiger partial charge in [-0.05, 0) is 26.3 Å². The van der Waals surface area contributed by atoms with Crippen LogP contribution in [0.15, 0.2) is 11.1 Å². The molecule has 2 amide bonds. The fourth-order valence-electron chi connectivity index (χ4n) is 1.86. The lowest BCUT2D eigenvalue weighted by Gasteiger charge is -2.06. The summed E-state index contributed by atoms with van der Waals surface area (Å²) in [6.07, 6.45) is 0.484. The van der Waals surface area contributed by atoms with Gasteiger partial charge in [0.05, 0.1) is 18.3 Å². The summed E-state index contributed by atoms with van der Waals surface area (Å²) < 4.78 is 5.78. The Morgan fingerprint density at radius 2 is 2.14 bits per heavy atom. The second-order valence-electron chi connectivity index (χ2n) is 4.41. The van der Waals surface area contributed by atoms with Crippen LogP contribution >= 0.6 is 11.3 Å². The fraction of sp³-hybridized carbons (Fsp3) is 0.385. The molecule has 0 aliphatic heterocycles. The minimum atomic E-state index is -0.827. The summed E-state index contributed by atoms with van der Waals surface area (Å²) in [5, 5.41) is 2.56. The van der Waals surface area contributed by atoms with Gasteiger partial charge >= 0.3 is 6.09 Å². The molecule has 1 N–H and O–H groups in total. The maximum absolute atomic E-state index is 12.3. The Morgan fingerprint density at radius 3 is 2.81 bits per heavy atom. The van der Waals surface area contributed by atoms with Crippen molar-refractivity contribution in [1.29, 1.82) is 0 Å². The Kier molecular flexibility index (Phi) is 4.37. The largest absolute Gasteiger partial charge is 0.450 e. The molecule has 0 aliphatic carbocycles. The van der Waals surface area contributed by atoms with Gasteiger partial charge in [0.25, 0.3) is 5.56 Å². The molecule has 2 heterocycles. The second kappa shape index (κ2) is 6.04. The van der Waals surface area contributed by atoms with Crippen LogP contribution in [0.4, 0.5) is 4.79 Å². The molecule has 0 aliphatic rings. The molecule has 0 fully saturated rings. The predicted molar refractivity (Wildman–Crippen MR) is 78.5 cm³/mol. The number of hydrogen-bond donors (Lipinski definition) is 1. The second-order valence-corrected chi connectivity index (χ2v) is 5.61. The number of alkyl carbamates (subject to hydrolysis) is 1. The Hall–Kier alpha value is -2.22. The minimum Gasteiger partial charge on any atom is -0.450 e. The Labute approximate surface area is 124 Å². The number of nitrogens with one attached hydrogen (secondary N) is 1. The molecular weight excluding hydrogens is 294 g/mol. The molecule has 0 atom stereocenters. The summed E-state index contributed by atoms with van der Waals surface area (Å²) in [5.41, 5.74) is 0.577. The summed E-state index contributed by atoms with van der Waals surface area (Å²) >= 11 is 1.44. The van der Waals surface area contributed by atoms with E-state index in [2.05, 4.69) is 9.72 Å². The van der Waals surface area contributed by atoms with Gasteiger partial charge in [-0.25, -0.2) is 9.78 Å². The number of rotatable bonds is 3. The number of aryl methyl sites for hydroxylation is 2. The number of nitrogens with zero attached hydrogens (tertiary/aromatic N) is 2. The van der Waals surface area contributed by atoms with Gasteiger partial charge in [-0.2, -0.15) is 0 Å². The van der Waals surface area contributed by atoms with E-state index in [0.29, 0.717) is 10.2 Å². The van der Waals surface area contributed by atoms with Crippen LogP contribution in [0.25, 0.3) is 10.2 Å². The highest BCUT2D eigenvalue weighted by atomic mass is 32.1. The zero-order valence-corrected chi connectivity index (χ0v) is 12.7. The topological polar surface area (TPSA) is 90.3 Å². The van der Waals surface area contributed by atoms with Crippen LogP contribution in [0.1, 0.15) is 17.4 Å². The van der Waals surface area contributed by atoms with E-state index in [9.17, 15) is 14.4 Å². The van der Waals surface area contributed by atoms with E-state index in [4.69, 9.17) is 0 Å². The highest BCUT2D eigenvalue weighted by molar-refractivity contribution is 7.18. The van der Waals surface area contributed by atoms with Crippen molar-refractivity contribution in [3.05, 3.63) is 27.1 Å². The molecule has 21 heavy (non-hydrogen) atoms. The fourth-order valence-corrected chi connectivity index (χ4v) is 2.85. The third kappa shape index (κ3) is 3.10. The molecule has 0 spiro atoms. The van der Waals surface area contributed by atoms with Gasteiger partial charge in [-0.15, -0.1) is 11.3 Å².